The van der Waals surface area contributed by atoms with Gasteiger partial charge in [0.15, 0.2) is 5.82 Å². The average Bonchev–Trinajstić information content (AvgIpc) is 3.37. The third-order valence-electron chi connectivity index (χ3n) is 5.41. The zero-order chi connectivity index (χ0) is 22.7. The second kappa shape index (κ2) is 9.03. The quantitative estimate of drug-likeness (QED) is 0.423. The van der Waals surface area contributed by atoms with Crippen molar-refractivity contribution in [1.82, 2.24) is 19.6 Å². The van der Waals surface area contributed by atoms with E-state index in [0.29, 0.717) is 28.6 Å². The minimum Gasteiger partial charge on any atom is -0.372 e. The predicted molar refractivity (Wildman–Crippen MR) is 125 cm³/mol. The van der Waals surface area contributed by atoms with Gasteiger partial charge in [-0.25, -0.2) is 19.4 Å². The van der Waals surface area contributed by atoms with Crippen LogP contribution in [-0.4, -0.2) is 56.3 Å². The van der Waals surface area contributed by atoms with Crippen LogP contribution in [0.25, 0.3) is 11.4 Å². The van der Waals surface area contributed by atoms with Crippen molar-refractivity contribution in [2.45, 2.75) is 33.7 Å². The Morgan fingerprint density at radius 3 is 2.62 bits per heavy atom. The summed E-state index contributed by atoms with van der Waals surface area (Å²) in [5.41, 5.74) is 5.45. The van der Waals surface area contributed by atoms with Crippen LogP contribution < -0.4 is 4.90 Å². The molecule has 3 aromatic rings. The number of benzene rings is 1. The third-order valence-corrected chi connectivity index (χ3v) is 5.41. The predicted octanol–water partition coefficient (Wildman–Crippen LogP) is 3.56. The first-order chi connectivity index (χ1) is 15.6. The van der Waals surface area contributed by atoms with Crippen molar-refractivity contribution >= 4 is 28.9 Å². The Morgan fingerprint density at radius 2 is 1.97 bits per heavy atom. The molecule has 9 heteroatoms. The first kappa shape index (κ1) is 21.3. The van der Waals surface area contributed by atoms with Gasteiger partial charge >= 0.3 is 0 Å². The average molecular weight is 429 g/mol. The Balaban J connectivity index is 1.81. The SMILES string of the molecule is CCN(CC)c1ccc(N=C2C(C(C)N=C=O)=Nn3c(-c4cnccn4)cnc32)c(C)c1. The molecule has 2 aromatic heterocycles. The number of carbonyl (C=O) groups excluding carboxylic acids is 1. The first-order valence-corrected chi connectivity index (χ1v) is 10.5. The van der Waals surface area contributed by atoms with E-state index in [2.05, 4.69) is 55.9 Å². The number of hydrogen-bond donors (Lipinski definition) is 0. The highest BCUT2D eigenvalue weighted by molar-refractivity contribution is 6.51. The number of hydrogen-bond acceptors (Lipinski definition) is 8. The molecule has 1 atom stereocenters. The molecular formula is C23H24N8O. The van der Waals surface area contributed by atoms with E-state index < -0.39 is 6.04 Å². The van der Waals surface area contributed by atoms with Crippen LogP contribution in [0, 0.1) is 6.92 Å². The highest BCUT2D eigenvalue weighted by Crippen LogP contribution is 2.29. The number of aryl methyl sites for hydroxylation is 1. The van der Waals surface area contributed by atoms with Gasteiger partial charge in [0.2, 0.25) is 6.08 Å². The molecule has 0 aliphatic carbocycles. The van der Waals surface area contributed by atoms with Crippen molar-refractivity contribution in [2.75, 3.05) is 18.0 Å². The van der Waals surface area contributed by atoms with E-state index in [0.717, 1.165) is 30.0 Å². The number of aliphatic imine (C=N–C) groups is 2. The van der Waals surface area contributed by atoms with E-state index in [-0.39, 0.29) is 0 Å². The summed E-state index contributed by atoms with van der Waals surface area (Å²) in [6.07, 6.45) is 8.19. The fraction of sp³-hybridized carbons (Fsp3) is 0.304. The molecule has 32 heavy (non-hydrogen) atoms. The highest BCUT2D eigenvalue weighted by Gasteiger charge is 2.31. The van der Waals surface area contributed by atoms with Crippen LogP contribution in [0.3, 0.4) is 0 Å². The van der Waals surface area contributed by atoms with Crippen LogP contribution in [0.4, 0.5) is 11.4 Å². The van der Waals surface area contributed by atoms with Gasteiger partial charge in [-0.05, 0) is 51.5 Å². The van der Waals surface area contributed by atoms with E-state index in [1.165, 1.54) is 0 Å². The van der Waals surface area contributed by atoms with Crippen molar-refractivity contribution in [3.8, 4) is 11.4 Å². The zero-order valence-corrected chi connectivity index (χ0v) is 18.5. The van der Waals surface area contributed by atoms with Crippen LogP contribution >= 0.6 is 0 Å². The van der Waals surface area contributed by atoms with Gasteiger partial charge < -0.3 is 4.90 Å². The summed E-state index contributed by atoms with van der Waals surface area (Å²) < 4.78 is 1.68. The van der Waals surface area contributed by atoms with Gasteiger partial charge in [-0.15, -0.1) is 0 Å². The molecule has 0 N–H and O–H groups in total. The van der Waals surface area contributed by atoms with Crippen molar-refractivity contribution < 1.29 is 4.79 Å². The molecule has 1 aromatic carbocycles. The third kappa shape index (κ3) is 3.86. The van der Waals surface area contributed by atoms with Crippen LogP contribution in [0.1, 0.15) is 32.2 Å². The standard InChI is InChI=1S/C23H24N8O/c1-5-30(6-2)17-7-8-18(15(3)11-17)28-22-21(16(4)27-14-32)29-31-20(13-26-23(22)31)19-12-24-9-10-25-19/h7-13,16H,5-6H2,1-4H3. The van der Waals surface area contributed by atoms with Gasteiger partial charge in [-0.1, -0.05) is 0 Å². The maximum atomic E-state index is 10.9. The first-order valence-electron chi connectivity index (χ1n) is 10.5. The Labute approximate surface area is 186 Å². The molecule has 0 fully saturated rings. The van der Waals surface area contributed by atoms with Crippen molar-refractivity contribution in [2.24, 2.45) is 15.1 Å². The topological polar surface area (TPSA) is 101 Å². The maximum absolute atomic E-state index is 10.9. The number of fused-ring (bicyclic) bond motifs is 1. The lowest BCUT2D eigenvalue weighted by atomic mass is 10.1. The van der Waals surface area contributed by atoms with E-state index in [1.807, 2.05) is 13.0 Å². The number of aromatic nitrogens is 4. The Hall–Kier alpha value is -3.97. The van der Waals surface area contributed by atoms with Gasteiger partial charge in [0.25, 0.3) is 0 Å². The van der Waals surface area contributed by atoms with Crippen LogP contribution in [-0.2, 0) is 4.79 Å². The summed E-state index contributed by atoms with van der Waals surface area (Å²) in [6.45, 7) is 9.96. The lowest BCUT2D eigenvalue weighted by Gasteiger charge is -2.21. The monoisotopic (exact) mass is 428 g/mol. The van der Waals surface area contributed by atoms with E-state index >= 15 is 0 Å². The second-order valence-corrected chi connectivity index (χ2v) is 7.35. The van der Waals surface area contributed by atoms with E-state index in [9.17, 15) is 4.79 Å². The Bertz CT molecular complexity index is 1230. The van der Waals surface area contributed by atoms with E-state index in [1.54, 1.807) is 42.5 Å². The number of isocyanates is 1. The van der Waals surface area contributed by atoms with Gasteiger partial charge in [0.05, 0.1) is 18.1 Å². The number of imidazole rings is 1. The van der Waals surface area contributed by atoms with Crippen molar-refractivity contribution in [3.05, 3.63) is 54.4 Å². The van der Waals surface area contributed by atoms with Crippen molar-refractivity contribution in [1.29, 1.82) is 0 Å². The molecule has 4 rings (SSSR count). The zero-order valence-electron chi connectivity index (χ0n) is 18.5. The fourth-order valence-electron chi connectivity index (χ4n) is 3.68. The molecule has 162 valence electrons. The molecule has 1 aliphatic heterocycles. The largest absolute Gasteiger partial charge is 0.372 e. The molecule has 0 saturated carbocycles. The summed E-state index contributed by atoms with van der Waals surface area (Å²) >= 11 is 0. The normalized spacial score (nSPS) is 14.6. The second-order valence-electron chi connectivity index (χ2n) is 7.35. The Morgan fingerprint density at radius 1 is 1.16 bits per heavy atom. The van der Waals surface area contributed by atoms with Crippen LogP contribution in [0.5, 0.6) is 0 Å². The van der Waals surface area contributed by atoms with Gasteiger partial charge in [0.1, 0.15) is 28.9 Å². The lowest BCUT2D eigenvalue weighted by Crippen LogP contribution is -2.23. The molecule has 1 aliphatic rings. The summed E-state index contributed by atoms with van der Waals surface area (Å²) in [5.74, 6) is 0.570. The fourth-order valence-corrected chi connectivity index (χ4v) is 3.68. The van der Waals surface area contributed by atoms with Gasteiger partial charge in [-0.3, -0.25) is 9.97 Å². The van der Waals surface area contributed by atoms with Crippen LogP contribution in [0.15, 0.2) is 58.1 Å². The molecule has 0 radical (unpaired) electrons. The van der Waals surface area contributed by atoms with Crippen LogP contribution in [0.2, 0.25) is 0 Å². The van der Waals surface area contributed by atoms with Gasteiger partial charge in [0, 0.05) is 31.2 Å². The molecule has 1 unspecified atom stereocenters. The van der Waals surface area contributed by atoms with Crippen molar-refractivity contribution in [3.63, 3.8) is 0 Å². The molecule has 0 amide bonds. The summed E-state index contributed by atoms with van der Waals surface area (Å²) in [7, 11) is 0. The number of anilines is 1. The summed E-state index contributed by atoms with van der Waals surface area (Å²) in [5, 5.41) is 4.68. The molecule has 0 spiro atoms. The molecule has 0 saturated heterocycles. The minimum absolute atomic E-state index is 0.516. The number of rotatable bonds is 7. The number of nitrogens with zero attached hydrogens (tertiary/aromatic N) is 8. The molecule has 3 heterocycles. The smallest absolute Gasteiger partial charge is 0.235 e. The van der Waals surface area contributed by atoms with Gasteiger partial charge in [-0.2, -0.15) is 10.1 Å². The molecule has 0 bridgehead atoms. The summed E-state index contributed by atoms with van der Waals surface area (Å²) in [4.78, 5) is 35.0. The maximum Gasteiger partial charge on any atom is 0.235 e. The highest BCUT2D eigenvalue weighted by atomic mass is 16.1. The van der Waals surface area contributed by atoms with E-state index in [4.69, 9.17) is 4.99 Å². The minimum atomic E-state index is -0.516. The Kier molecular flexibility index (Phi) is 6.00. The molecule has 9 nitrogen and oxygen atoms in total. The lowest BCUT2D eigenvalue weighted by molar-refractivity contribution is 0.562. The molecular weight excluding hydrogens is 404 g/mol. The summed E-state index contributed by atoms with van der Waals surface area (Å²) in [6, 6.07) is 5.67.